The SMILES string of the molecule is FC(F)(F)c1ccc(Cl)cc1CN1CCNc2[nH+]cc(-c3cn[nH]c3)cc21. The summed E-state index contributed by atoms with van der Waals surface area (Å²) in [7, 11) is 0. The molecule has 140 valence electrons. The number of halogens is 4. The predicted octanol–water partition coefficient (Wildman–Crippen LogP) is 4.00. The second kappa shape index (κ2) is 6.77. The van der Waals surface area contributed by atoms with Crippen LogP contribution in [0.1, 0.15) is 11.1 Å². The molecule has 0 bridgehead atoms. The van der Waals surface area contributed by atoms with Crippen LogP contribution in [0.25, 0.3) is 11.1 Å². The normalized spacial score (nSPS) is 14.0. The molecule has 3 aromatic rings. The fraction of sp³-hybridized carbons (Fsp3) is 0.222. The molecule has 1 aliphatic rings. The van der Waals surface area contributed by atoms with E-state index in [-0.39, 0.29) is 17.1 Å². The first kappa shape index (κ1) is 17.7. The molecule has 0 atom stereocenters. The zero-order chi connectivity index (χ0) is 19.0. The molecule has 0 radical (unpaired) electrons. The van der Waals surface area contributed by atoms with E-state index in [0.29, 0.717) is 13.1 Å². The summed E-state index contributed by atoms with van der Waals surface area (Å²) in [6.07, 6.45) is 0.853. The monoisotopic (exact) mass is 394 g/mol. The van der Waals surface area contributed by atoms with Gasteiger partial charge in [-0.25, -0.2) is 4.98 Å². The Morgan fingerprint density at radius 1 is 1.22 bits per heavy atom. The molecule has 0 fully saturated rings. The standard InChI is InChI=1S/C18H15ClF3N5/c19-14-1-2-15(18(20,21)22)12(5-14)10-27-4-3-23-17-16(27)6-11(7-24-17)13-8-25-26-9-13/h1-2,5-9H,3-4,10H2,(H,23,24)(H,25,26)/p+1. The maximum absolute atomic E-state index is 13.4. The molecule has 0 amide bonds. The van der Waals surface area contributed by atoms with E-state index < -0.39 is 11.7 Å². The number of hydrogen-bond acceptors (Lipinski definition) is 3. The Kier molecular flexibility index (Phi) is 4.43. The van der Waals surface area contributed by atoms with Crippen LogP contribution in [-0.2, 0) is 12.7 Å². The first-order valence-electron chi connectivity index (χ1n) is 8.31. The van der Waals surface area contributed by atoms with Crippen molar-refractivity contribution in [2.75, 3.05) is 23.3 Å². The quantitative estimate of drug-likeness (QED) is 0.706. The summed E-state index contributed by atoms with van der Waals surface area (Å²) in [4.78, 5) is 5.08. The molecule has 0 unspecified atom stereocenters. The van der Waals surface area contributed by atoms with Crippen LogP contribution in [0.5, 0.6) is 0 Å². The third-order valence-electron chi connectivity index (χ3n) is 4.51. The largest absolute Gasteiger partial charge is 0.416 e. The lowest BCUT2D eigenvalue weighted by Gasteiger charge is -2.29. The highest BCUT2D eigenvalue weighted by molar-refractivity contribution is 6.30. The van der Waals surface area contributed by atoms with E-state index >= 15 is 0 Å². The third-order valence-corrected chi connectivity index (χ3v) is 4.75. The van der Waals surface area contributed by atoms with Crippen molar-refractivity contribution in [2.45, 2.75) is 12.7 Å². The van der Waals surface area contributed by atoms with Crippen molar-refractivity contribution in [3.05, 3.63) is 59.0 Å². The summed E-state index contributed by atoms with van der Waals surface area (Å²) in [5.41, 5.74) is 2.06. The van der Waals surface area contributed by atoms with E-state index in [9.17, 15) is 13.2 Å². The Morgan fingerprint density at radius 3 is 2.81 bits per heavy atom. The fourth-order valence-corrected chi connectivity index (χ4v) is 3.42. The fourth-order valence-electron chi connectivity index (χ4n) is 3.23. The number of nitrogens with zero attached hydrogens (tertiary/aromatic N) is 2. The lowest BCUT2D eigenvalue weighted by molar-refractivity contribution is -0.360. The molecule has 3 heterocycles. The van der Waals surface area contributed by atoms with Gasteiger partial charge in [0, 0.05) is 28.9 Å². The molecule has 0 saturated carbocycles. The molecule has 1 aliphatic heterocycles. The zero-order valence-electron chi connectivity index (χ0n) is 14.1. The van der Waals surface area contributed by atoms with E-state index in [1.165, 1.54) is 12.1 Å². The highest BCUT2D eigenvalue weighted by atomic mass is 35.5. The van der Waals surface area contributed by atoms with E-state index in [0.717, 1.165) is 28.7 Å². The van der Waals surface area contributed by atoms with Crippen molar-refractivity contribution < 1.29 is 18.2 Å². The number of aromatic amines is 2. The third kappa shape index (κ3) is 3.57. The minimum absolute atomic E-state index is 0.104. The summed E-state index contributed by atoms with van der Waals surface area (Å²) in [6.45, 7) is 1.29. The smallest absolute Gasteiger partial charge is 0.357 e. The van der Waals surface area contributed by atoms with Crippen LogP contribution in [0, 0.1) is 0 Å². The zero-order valence-corrected chi connectivity index (χ0v) is 14.8. The summed E-state index contributed by atoms with van der Waals surface area (Å²) in [6, 6.07) is 5.62. The topological polar surface area (TPSA) is 58.1 Å². The van der Waals surface area contributed by atoms with E-state index in [1.54, 1.807) is 12.4 Å². The van der Waals surface area contributed by atoms with Crippen LogP contribution >= 0.6 is 11.6 Å². The number of anilines is 2. The van der Waals surface area contributed by atoms with Gasteiger partial charge in [0.25, 0.3) is 5.82 Å². The summed E-state index contributed by atoms with van der Waals surface area (Å²) in [5, 5.41) is 10.2. The van der Waals surface area contributed by atoms with Gasteiger partial charge < -0.3 is 4.90 Å². The molecule has 9 heteroatoms. The summed E-state index contributed by atoms with van der Waals surface area (Å²) >= 11 is 5.96. The van der Waals surface area contributed by atoms with Crippen molar-refractivity contribution >= 4 is 23.1 Å². The number of nitrogens with one attached hydrogen (secondary N) is 3. The van der Waals surface area contributed by atoms with Gasteiger partial charge in [-0.05, 0) is 29.8 Å². The van der Waals surface area contributed by atoms with Crippen LogP contribution in [0.3, 0.4) is 0 Å². The Balaban J connectivity index is 1.72. The lowest BCUT2D eigenvalue weighted by Crippen LogP contribution is -2.37. The first-order chi connectivity index (χ1) is 12.9. The molecule has 27 heavy (non-hydrogen) atoms. The van der Waals surface area contributed by atoms with Gasteiger partial charge >= 0.3 is 6.18 Å². The Morgan fingerprint density at radius 2 is 2.07 bits per heavy atom. The second-order valence-electron chi connectivity index (χ2n) is 6.28. The van der Waals surface area contributed by atoms with Gasteiger partial charge in [0.1, 0.15) is 12.2 Å². The van der Waals surface area contributed by atoms with Crippen LogP contribution in [0.2, 0.25) is 5.02 Å². The average molecular weight is 395 g/mol. The van der Waals surface area contributed by atoms with Gasteiger partial charge in [-0.1, -0.05) is 11.6 Å². The Hall–Kier alpha value is -2.74. The van der Waals surface area contributed by atoms with Crippen molar-refractivity contribution in [1.82, 2.24) is 10.2 Å². The Labute approximate surface area is 158 Å². The molecule has 3 N–H and O–H groups in total. The van der Waals surface area contributed by atoms with Gasteiger partial charge in [0.2, 0.25) is 0 Å². The number of aromatic nitrogens is 3. The Bertz CT molecular complexity index is 956. The van der Waals surface area contributed by atoms with Crippen molar-refractivity contribution in [3.8, 4) is 11.1 Å². The molecule has 0 aliphatic carbocycles. The van der Waals surface area contributed by atoms with Crippen molar-refractivity contribution in [2.24, 2.45) is 0 Å². The van der Waals surface area contributed by atoms with Crippen molar-refractivity contribution in [3.63, 3.8) is 0 Å². The minimum atomic E-state index is -4.43. The molecule has 1 aromatic carbocycles. The number of rotatable bonds is 3. The van der Waals surface area contributed by atoms with E-state index in [4.69, 9.17) is 11.6 Å². The number of benzene rings is 1. The lowest BCUT2D eigenvalue weighted by atomic mass is 10.1. The molecular formula is C18H16ClF3N5+. The maximum atomic E-state index is 13.4. The van der Waals surface area contributed by atoms with Gasteiger partial charge in [-0.2, -0.15) is 18.3 Å². The molecule has 2 aromatic heterocycles. The maximum Gasteiger partial charge on any atom is 0.416 e. The van der Waals surface area contributed by atoms with Crippen LogP contribution in [0.4, 0.5) is 24.7 Å². The van der Waals surface area contributed by atoms with Gasteiger partial charge in [-0.15, -0.1) is 0 Å². The molecule has 4 rings (SSSR count). The summed E-state index contributed by atoms with van der Waals surface area (Å²) in [5.74, 6) is 0.768. The predicted molar refractivity (Wildman–Crippen MR) is 96.6 cm³/mol. The molecule has 0 spiro atoms. The molecule has 0 saturated heterocycles. The number of hydrogen-bond donors (Lipinski definition) is 2. The second-order valence-corrected chi connectivity index (χ2v) is 6.72. The van der Waals surface area contributed by atoms with Gasteiger partial charge in [0.15, 0.2) is 0 Å². The van der Waals surface area contributed by atoms with E-state index in [2.05, 4.69) is 20.5 Å². The van der Waals surface area contributed by atoms with Crippen LogP contribution in [0.15, 0.2) is 42.9 Å². The van der Waals surface area contributed by atoms with Crippen LogP contribution in [-0.4, -0.2) is 23.3 Å². The highest BCUT2D eigenvalue weighted by Gasteiger charge is 2.34. The number of H-pyrrole nitrogens is 2. The van der Waals surface area contributed by atoms with Gasteiger partial charge in [0.05, 0.1) is 24.5 Å². The van der Waals surface area contributed by atoms with Crippen LogP contribution < -0.4 is 15.2 Å². The number of fused-ring (bicyclic) bond motifs is 1. The van der Waals surface area contributed by atoms with E-state index in [1.807, 2.05) is 17.2 Å². The number of alkyl halides is 3. The first-order valence-corrected chi connectivity index (χ1v) is 8.69. The average Bonchev–Trinajstić information content (AvgIpc) is 3.15. The minimum Gasteiger partial charge on any atom is -0.357 e. The highest BCUT2D eigenvalue weighted by Crippen LogP contribution is 2.36. The summed E-state index contributed by atoms with van der Waals surface area (Å²) < 4.78 is 40.2. The molecular weight excluding hydrogens is 379 g/mol. The van der Waals surface area contributed by atoms with Gasteiger partial charge in [-0.3, -0.25) is 10.4 Å². The number of pyridine rings is 1. The van der Waals surface area contributed by atoms with Crippen molar-refractivity contribution in [1.29, 1.82) is 0 Å². The molecule has 5 nitrogen and oxygen atoms in total.